The number of halogens is 4. The van der Waals surface area contributed by atoms with E-state index in [-0.39, 0.29) is 11.6 Å². The summed E-state index contributed by atoms with van der Waals surface area (Å²) in [5.74, 6) is -0.561. The summed E-state index contributed by atoms with van der Waals surface area (Å²) < 4.78 is 14.5. The Kier molecular flexibility index (Phi) is 4.97. The topological polar surface area (TPSA) is 17.1 Å². The largest absolute Gasteiger partial charge is 0.292 e. The summed E-state index contributed by atoms with van der Waals surface area (Å²) in [4.78, 5) is 12.3. The van der Waals surface area contributed by atoms with E-state index in [1.54, 1.807) is 6.07 Å². The van der Waals surface area contributed by atoms with Crippen LogP contribution in [0.25, 0.3) is 0 Å². The molecule has 0 bridgehead atoms. The maximum absolute atomic E-state index is 12.9. The molecular weight excluding hydrogens is 445 g/mol. The van der Waals surface area contributed by atoms with Gasteiger partial charge in [-0.05, 0) is 58.5 Å². The van der Waals surface area contributed by atoms with Crippen molar-refractivity contribution in [3.8, 4) is 0 Å². The lowest BCUT2D eigenvalue weighted by Crippen LogP contribution is -2.08. The zero-order chi connectivity index (χ0) is 14.0. The van der Waals surface area contributed by atoms with Crippen LogP contribution >= 0.6 is 50.1 Å². The summed E-state index contributed by atoms with van der Waals surface area (Å²) in [6.45, 7) is 0. The highest BCUT2D eigenvalue weighted by molar-refractivity contribution is 14.1. The second-order valence-corrected chi connectivity index (χ2v) is 6.44. The van der Waals surface area contributed by atoms with Gasteiger partial charge >= 0.3 is 0 Å². The number of hydrogen-bond acceptors (Lipinski definition) is 1. The Morgan fingerprint density at radius 2 is 1.84 bits per heavy atom. The molecular formula is C14H8BrClFIO. The molecule has 0 fully saturated rings. The Balaban J connectivity index is 2.33. The van der Waals surface area contributed by atoms with Crippen LogP contribution in [-0.4, -0.2) is 5.78 Å². The van der Waals surface area contributed by atoms with Crippen molar-refractivity contribution in [2.24, 2.45) is 0 Å². The Hall–Kier alpha value is -0.460. The molecule has 0 amide bonds. The maximum Gasteiger partial charge on any atom is 0.186 e. The van der Waals surface area contributed by atoms with Crippen LogP contribution in [0.5, 0.6) is 0 Å². The number of rotatable bonds is 3. The first-order chi connectivity index (χ1) is 8.99. The van der Waals surface area contributed by atoms with Crippen molar-refractivity contribution < 1.29 is 9.18 Å². The van der Waals surface area contributed by atoms with Gasteiger partial charge in [0.1, 0.15) is 11.2 Å². The standard InChI is InChI=1S/C14H8BrClFIO/c15-12-6-5-10(18)7-11(12)14(19)13(16)8-1-3-9(17)4-2-8/h1-7,13H. The molecule has 2 rings (SSSR count). The minimum atomic E-state index is -0.824. The van der Waals surface area contributed by atoms with Gasteiger partial charge in [-0.3, -0.25) is 4.79 Å². The third-order valence-electron chi connectivity index (χ3n) is 2.59. The third kappa shape index (κ3) is 3.55. The molecule has 2 aromatic carbocycles. The Morgan fingerprint density at radius 1 is 1.21 bits per heavy atom. The van der Waals surface area contributed by atoms with Crippen molar-refractivity contribution in [1.82, 2.24) is 0 Å². The van der Waals surface area contributed by atoms with Gasteiger partial charge in [0.15, 0.2) is 5.78 Å². The summed E-state index contributed by atoms with van der Waals surface area (Å²) in [5, 5.41) is -0.824. The fourth-order valence-electron chi connectivity index (χ4n) is 1.61. The fraction of sp³-hybridized carbons (Fsp3) is 0.0714. The van der Waals surface area contributed by atoms with Gasteiger partial charge in [0, 0.05) is 13.6 Å². The van der Waals surface area contributed by atoms with Gasteiger partial charge < -0.3 is 0 Å². The van der Waals surface area contributed by atoms with Gasteiger partial charge in [-0.25, -0.2) is 4.39 Å². The molecule has 0 aliphatic rings. The van der Waals surface area contributed by atoms with Crippen LogP contribution in [0.3, 0.4) is 0 Å². The van der Waals surface area contributed by atoms with Crippen molar-refractivity contribution in [3.05, 3.63) is 67.5 Å². The van der Waals surface area contributed by atoms with E-state index in [2.05, 4.69) is 38.5 Å². The summed E-state index contributed by atoms with van der Waals surface area (Å²) in [7, 11) is 0. The molecule has 1 atom stereocenters. The predicted molar refractivity (Wildman–Crippen MR) is 86.2 cm³/mol. The second-order valence-electron chi connectivity index (χ2n) is 3.90. The number of hydrogen-bond donors (Lipinski definition) is 0. The van der Waals surface area contributed by atoms with Crippen LogP contribution in [0.2, 0.25) is 0 Å². The van der Waals surface area contributed by atoms with E-state index in [9.17, 15) is 9.18 Å². The number of carbonyl (C=O) groups excluding carboxylic acids is 1. The van der Waals surface area contributed by atoms with Crippen molar-refractivity contribution in [2.75, 3.05) is 0 Å². The first-order valence-corrected chi connectivity index (χ1v) is 7.68. The smallest absolute Gasteiger partial charge is 0.186 e. The molecule has 19 heavy (non-hydrogen) atoms. The van der Waals surface area contributed by atoms with Crippen molar-refractivity contribution >= 4 is 55.9 Å². The van der Waals surface area contributed by atoms with Crippen LogP contribution in [0.15, 0.2) is 46.9 Å². The zero-order valence-corrected chi connectivity index (χ0v) is 14.0. The highest BCUT2D eigenvalue weighted by Crippen LogP contribution is 2.29. The quantitative estimate of drug-likeness (QED) is 0.348. The number of ketones is 1. The molecule has 0 saturated carbocycles. The third-order valence-corrected chi connectivity index (χ3v) is 4.40. The molecule has 0 aliphatic heterocycles. The number of benzene rings is 2. The summed E-state index contributed by atoms with van der Waals surface area (Å²) in [6, 6.07) is 11.1. The lowest BCUT2D eigenvalue weighted by molar-refractivity contribution is 0.0986. The van der Waals surface area contributed by atoms with Crippen LogP contribution < -0.4 is 0 Å². The first kappa shape index (κ1) is 14.9. The van der Waals surface area contributed by atoms with E-state index in [4.69, 9.17) is 11.6 Å². The van der Waals surface area contributed by atoms with Crippen LogP contribution in [0.4, 0.5) is 4.39 Å². The summed E-state index contributed by atoms with van der Waals surface area (Å²) in [5.41, 5.74) is 1.11. The SMILES string of the molecule is O=C(c1cc(I)ccc1Br)C(Cl)c1ccc(F)cc1. The van der Waals surface area contributed by atoms with Gasteiger partial charge in [-0.15, -0.1) is 11.6 Å². The average Bonchev–Trinajstić information content (AvgIpc) is 2.41. The highest BCUT2D eigenvalue weighted by atomic mass is 127. The molecule has 1 unspecified atom stereocenters. The van der Waals surface area contributed by atoms with Crippen LogP contribution in [-0.2, 0) is 0 Å². The van der Waals surface area contributed by atoms with E-state index in [1.807, 2.05) is 12.1 Å². The Bertz CT molecular complexity index is 615. The van der Waals surface area contributed by atoms with Crippen molar-refractivity contribution in [3.63, 3.8) is 0 Å². The van der Waals surface area contributed by atoms with Crippen LogP contribution in [0.1, 0.15) is 21.3 Å². The molecule has 98 valence electrons. The van der Waals surface area contributed by atoms with Gasteiger partial charge in [0.05, 0.1) is 0 Å². The van der Waals surface area contributed by atoms with E-state index in [1.165, 1.54) is 24.3 Å². The minimum absolute atomic E-state index is 0.210. The fourth-order valence-corrected chi connectivity index (χ4v) is 2.80. The lowest BCUT2D eigenvalue weighted by Gasteiger charge is -2.10. The maximum atomic E-state index is 12.9. The van der Waals surface area contributed by atoms with E-state index < -0.39 is 5.38 Å². The second kappa shape index (κ2) is 6.33. The monoisotopic (exact) mass is 452 g/mol. The highest BCUT2D eigenvalue weighted by Gasteiger charge is 2.21. The lowest BCUT2D eigenvalue weighted by atomic mass is 10.0. The molecule has 2 aromatic rings. The molecule has 0 aromatic heterocycles. The predicted octanol–water partition coefficient (Wildman–Crippen LogP) is 5.36. The number of Topliss-reactive ketones (excluding diaryl/α,β-unsaturated/α-hetero) is 1. The van der Waals surface area contributed by atoms with E-state index in [0.717, 1.165) is 3.57 Å². The van der Waals surface area contributed by atoms with Gasteiger partial charge in [-0.2, -0.15) is 0 Å². The van der Waals surface area contributed by atoms with Gasteiger partial charge in [0.25, 0.3) is 0 Å². The van der Waals surface area contributed by atoms with E-state index >= 15 is 0 Å². The van der Waals surface area contributed by atoms with Gasteiger partial charge in [-0.1, -0.05) is 28.1 Å². The van der Waals surface area contributed by atoms with Crippen molar-refractivity contribution in [1.29, 1.82) is 0 Å². The van der Waals surface area contributed by atoms with Gasteiger partial charge in [0.2, 0.25) is 0 Å². The molecule has 0 radical (unpaired) electrons. The molecule has 0 spiro atoms. The Labute approximate surface area is 137 Å². The Morgan fingerprint density at radius 3 is 2.47 bits per heavy atom. The minimum Gasteiger partial charge on any atom is -0.292 e. The van der Waals surface area contributed by atoms with Crippen molar-refractivity contribution in [2.45, 2.75) is 5.38 Å². The average molecular weight is 453 g/mol. The molecule has 0 saturated heterocycles. The van der Waals surface area contributed by atoms with Crippen LogP contribution in [0, 0.1) is 9.39 Å². The van der Waals surface area contributed by atoms with E-state index in [0.29, 0.717) is 15.6 Å². The summed E-state index contributed by atoms with van der Waals surface area (Å²) >= 11 is 11.6. The molecule has 1 nitrogen and oxygen atoms in total. The molecule has 0 heterocycles. The number of alkyl halides is 1. The molecule has 0 N–H and O–H groups in total. The summed E-state index contributed by atoms with van der Waals surface area (Å²) in [6.07, 6.45) is 0. The zero-order valence-electron chi connectivity index (χ0n) is 9.54. The number of carbonyl (C=O) groups is 1. The normalized spacial score (nSPS) is 12.2. The first-order valence-electron chi connectivity index (χ1n) is 5.38. The molecule has 5 heteroatoms. The molecule has 0 aliphatic carbocycles.